The predicted molar refractivity (Wildman–Crippen MR) is 63.7 cm³/mol. The molecule has 0 fully saturated rings. The van der Waals surface area contributed by atoms with Gasteiger partial charge in [-0.25, -0.2) is 4.39 Å². The van der Waals surface area contributed by atoms with Crippen LogP contribution < -0.4 is 5.73 Å². The Bertz CT molecular complexity index is 431. The van der Waals surface area contributed by atoms with Crippen LogP contribution in [0.15, 0.2) is 10.5 Å². The summed E-state index contributed by atoms with van der Waals surface area (Å²) in [5, 5.41) is 0.546. The van der Waals surface area contributed by atoms with Crippen molar-refractivity contribution in [2.45, 2.75) is 31.7 Å². The number of benzene rings is 1. The average molecular weight is 293 g/mol. The molecule has 0 amide bonds. The van der Waals surface area contributed by atoms with Crippen LogP contribution >= 0.6 is 27.5 Å². The number of fused-ring (bicyclic) bond motifs is 1. The molecule has 82 valence electrons. The lowest BCUT2D eigenvalue weighted by Gasteiger charge is -2.19. The highest BCUT2D eigenvalue weighted by molar-refractivity contribution is 9.10. The van der Waals surface area contributed by atoms with Gasteiger partial charge >= 0.3 is 0 Å². The van der Waals surface area contributed by atoms with Crippen molar-refractivity contribution in [3.05, 3.63) is 32.5 Å². The van der Waals surface area contributed by atoms with E-state index in [0.29, 0.717) is 15.1 Å². The minimum Gasteiger partial charge on any atom is -0.324 e. The zero-order valence-electron chi connectivity index (χ0n) is 8.57. The molecule has 1 aliphatic rings. The molecule has 0 spiro atoms. The molecule has 0 aromatic heterocycles. The molecule has 0 saturated carbocycles. The first-order valence-corrected chi connectivity index (χ1v) is 5.95. The first-order valence-electron chi connectivity index (χ1n) is 4.78. The molecule has 0 unspecified atom stereocenters. The van der Waals surface area contributed by atoms with E-state index in [-0.39, 0.29) is 17.3 Å². The van der Waals surface area contributed by atoms with E-state index < -0.39 is 0 Å². The molecular formula is C11H12BrClFN. The zero-order chi connectivity index (χ0) is 11.4. The Balaban J connectivity index is 2.78. The van der Waals surface area contributed by atoms with Crippen molar-refractivity contribution in [3.63, 3.8) is 0 Å². The smallest absolute Gasteiger partial charge is 0.128 e. The molecule has 0 radical (unpaired) electrons. The fourth-order valence-electron chi connectivity index (χ4n) is 2.40. The van der Waals surface area contributed by atoms with Gasteiger partial charge in [0.2, 0.25) is 0 Å². The van der Waals surface area contributed by atoms with Crippen molar-refractivity contribution in [3.8, 4) is 0 Å². The lowest BCUT2D eigenvalue weighted by Crippen LogP contribution is -2.15. The topological polar surface area (TPSA) is 26.0 Å². The van der Waals surface area contributed by atoms with Crippen LogP contribution in [0.4, 0.5) is 4.39 Å². The van der Waals surface area contributed by atoms with Gasteiger partial charge < -0.3 is 5.73 Å². The van der Waals surface area contributed by atoms with Crippen molar-refractivity contribution in [2.24, 2.45) is 5.73 Å². The monoisotopic (exact) mass is 291 g/mol. The van der Waals surface area contributed by atoms with Crippen LogP contribution in [0.25, 0.3) is 0 Å². The maximum atomic E-state index is 13.9. The third-order valence-electron chi connectivity index (χ3n) is 2.99. The van der Waals surface area contributed by atoms with Gasteiger partial charge in [0.05, 0.1) is 5.02 Å². The lowest BCUT2D eigenvalue weighted by molar-refractivity contribution is 0.461. The second-order valence-electron chi connectivity index (χ2n) is 4.64. The predicted octanol–water partition coefficient (Wildman–Crippen LogP) is 3.92. The summed E-state index contributed by atoms with van der Waals surface area (Å²) in [5.74, 6) is -0.223. The van der Waals surface area contributed by atoms with E-state index in [1.807, 2.05) is 13.8 Å². The van der Waals surface area contributed by atoms with Gasteiger partial charge in [-0.05, 0) is 45.0 Å². The standard InChI is InChI=1S/C11H12BrClFN/c1-11(2)4-7(15)8-9(11)6(14)3-5(12)10(8)13/h3,7H,4,15H2,1-2H3/t7-/m0/s1. The molecule has 2 rings (SSSR count). The highest BCUT2D eigenvalue weighted by atomic mass is 79.9. The number of rotatable bonds is 0. The van der Waals surface area contributed by atoms with Gasteiger partial charge in [0, 0.05) is 10.5 Å². The van der Waals surface area contributed by atoms with Gasteiger partial charge in [0.1, 0.15) is 5.82 Å². The molecule has 1 aliphatic carbocycles. The number of hydrogen-bond acceptors (Lipinski definition) is 1. The second-order valence-corrected chi connectivity index (χ2v) is 5.87. The van der Waals surface area contributed by atoms with Gasteiger partial charge in [0.25, 0.3) is 0 Å². The first-order chi connectivity index (χ1) is 6.84. The Labute approximate surface area is 102 Å². The molecule has 4 heteroatoms. The number of hydrogen-bond donors (Lipinski definition) is 1. The molecule has 0 bridgehead atoms. The summed E-state index contributed by atoms with van der Waals surface area (Å²) in [6.07, 6.45) is 0.732. The van der Waals surface area contributed by atoms with E-state index in [2.05, 4.69) is 15.9 Å². The summed E-state index contributed by atoms with van der Waals surface area (Å²) < 4.78 is 14.4. The largest absolute Gasteiger partial charge is 0.324 e. The maximum absolute atomic E-state index is 13.9. The van der Waals surface area contributed by atoms with Gasteiger partial charge in [0.15, 0.2) is 0 Å². The average Bonchev–Trinajstić information content (AvgIpc) is 2.32. The van der Waals surface area contributed by atoms with E-state index in [1.54, 1.807) is 0 Å². The SMILES string of the molecule is CC1(C)C[C@H](N)c2c(Cl)c(Br)cc(F)c21. The Morgan fingerprint density at radius 2 is 2.20 bits per heavy atom. The summed E-state index contributed by atoms with van der Waals surface area (Å²) in [5.41, 5.74) is 7.18. The molecule has 2 N–H and O–H groups in total. The number of halogens is 3. The zero-order valence-corrected chi connectivity index (χ0v) is 10.9. The quantitative estimate of drug-likeness (QED) is 0.721. The molecule has 0 saturated heterocycles. The molecule has 0 aliphatic heterocycles. The molecule has 1 atom stereocenters. The number of nitrogens with two attached hydrogens (primary N) is 1. The highest BCUT2D eigenvalue weighted by Gasteiger charge is 2.39. The summed E-state index contributed by atoms with van der Waals surface area (Å²) in [6, 6.07) is 1.25. The fraction of sp³-hybridized carbons (Fsp3) is 0.455. The van der Waals surface area contributed by atoms with Crippen molar-refractivity contribution in [1.29, 1.82) is 0 Å². The van der Waals surface area contributed by atoms with Crippen molar-refractivity contribution < 1.29 is 4.39 Å². The molecular weight excluding hydrogens is 280 g/mol. The molecule has 15 heavy (non-hydrogen) atoms. The minimum absolute atomic E-state index is 0.172. The fourth-order valence-corrected chi connectivity index (χ4v) is 3.11. The van der Waals surface area contributed by atoms with E-state index in [1.165, 1.54) is 6.07 Å². The first kappa shape index (κ1) is 11.4. The van der Waals surface area contributed by atoms with E-state index in [0.717, 1.165) is 12.0 Å². The Hall–Kier alpha value is -0.120. The van der Waals surface area contributed by atoms with Crippen molar-refractivity contribution >= 4 is 27.5 Å². The van der Waals surface area contributed by atoms with Crippen molar-refractivity contribution in [2.75, 3.05) is 0 Å². The van der Waals surface area contributed by atoms with E-state index >= 15 is 0 Å². The summed E-state index contributed by atoms with van der Waals surface area (Å²) in [7, 11) is 0. The minimum atomic E-state index is -0.233. The summed E-state index contributed by atoms with van der Waals surface area (Å²) in [6.45, 7) is 3.98. The van der Waals surface area contributed by atoms with E-state index in [4.69, 9.17) is 17.3 Å². The molecule has 1 aromatic rings. The van der Waals surface area contributed by atoms with E-state index in [9.17, 15) is 4.39 Å². The van der Waals surface area contributed by atoms with Crippen LogP contribution in [0.3, 0.4) is 0 Å². The summed E-state index contributed by atoms with van der Waals surface area (Å²) >= 11 is 9.38. The normalized spacial score (nSPS) is 22.9. The van der Waals surface area contributed by atoms with Gasteiger partial charge in [-0.1, -0.05) is 25.4 Å². The Kier molecular flexibility index (Phi) is 2.61. The Morgan fingerprint density at radius 1 is 1.60 bits per heavy atom. The second kappa shape index (κ2) is 3.44. The molecule has 1 nitrogen and oxygen atoms in total. The highest BCUT2D eigenvalue weighted by Crippen LogP contribution is 2.49. The van der Waals surface area contributed by atoms with Gasteiger partial charge in [-0.2, -0.15) is 0 Å². The van der Waals surface area contributed by atoms with Crippen LogP contribution in [0, 0.1) is 5.82 Å². The van der Waals surface area contributed by atoms with Crippen molar-refractivity contribution in [1.82, 2.24) is 0 Å². The van der Waals surface area contributed by atoms with Crippen LogP contribution in [0.2, 0.25) is 5.02 Å². The third-order valence-corrected chi connectivity index (χ3v) is 4.25. The van der Waals surface area contributed by atoms with Crippen LogP contribution in [-0.4, -0.2) is 0 Å². The third kappa shape index (κ3) is 1.61. The van der Waals surface area contributed by atoms with Crippen LogP contribution in [0.5, 0.6) is 0 Å². The van der Waals surface area contributed by atoms with Gasteiger partial charge in [-0.3, -0.25) is 0 Å². The van der Waals surface area contributed by atoms with Gasteiger partial charge in [-0.15, -0.1) is 0 Å². The lowest BCUT2D eigenvalue weighted by atomic mass is 9.86. The summed E-state index contributed by atoms with van der Waals surface area (Å²) in [4.78, 5) is 0. The van der Waals surface area contributed by atoms with Crippen LogP contribution in [-0.2, 0) is 5.41 Å². The molecule has 0 heterocycles. The Morgan fingerprint density at radius 3 is 2.80 bits per heavy atom. The molecule has 1 aromatic carbocycles. The maximum Gasteiger partial charge on any atom is 0.128 e. The van der Waals surface area contributed by atoms with Crippen LogP contribution in [0.1, 0.15) is 37.4 Å².